The molecule has 0 aliphatic rings. The Bertz CT molecular complexity index is 2040. The van der Waals surface area contributed by atoms with Crippen LogP contribution in [0.2, 0.25) is 5.04 Å². The predicted octanol–water partition coefficient (Wildman–Crippen LogP) is 8.18. The number of amides is 3. The molecule has 3 amide bonds. The van der Waals surface area contributed by atoms with Gasteiger partial charge < -0.3 is 32.4 Å². The SMILES string of the molecule is CCOP(=O)(CSC(COC(=O)[N+](C(=O)OC(C)(C)C)(C(=O)OC(C)(C)C)n1cnc2c(OC)ncnc21)CO[Si](c1ccccc1)(c1ccccc1)C(C)(C)C)OCC. The summed E-state index contributed by atoms with van der Waals surface area (Å²) in [6.07, 6.45) is -1.92. The number of hydrogen-bond acceptors (Lipinski definition) is 15. The summed E-state index contributed by atoms with van der Waals surface area (Å²) in [5.74, 6) is 0.0172. The minimum absolute atomic E-state index is 0.0172. The number of carbonyl (C=O) groups excluding carboxylic acids is 3. The third kappa shape index (κ3) is 11.0. The second-order valence-electron chi connectivity index (χ2n) is 16.7. The predicted molar refractivity (Wildman–Crippen MR) is 234 cm³/mol. The van der Waals surface area contributed by atoms with E-state index in [1.165, 1.54) is 7.11 Å². The van der Waals surface area contributed by atoms with Crippen LogP contribution in [0.4, 0.5) is 14.4 Å². The van der Waals surface area contributed by atoms with Crippen LogP contribution >= 0.6 is 19.4 Å². The Kier molecular flexibility index (Phi) is 15.9. The molecule has 4 rings (SSSR count). The number of nitrogens with zero attached hydrogens (tertiary/aromatic N) is 5. The molecule has 0 saturated carbocycles. The van der Waals surface area contributed by atoms with E-state index in [1.807, 2.05) is 60.7 Å². The Balaban J connectivity index is 1.88. The van der Waals surface area contributed by atoms with Gasteiger partial charge in [-0.05, 0) is 70.8 Å². The second kappa shape index (κ2) is 19.7. The van der Waals surface area contributed by atoms with Crippen LogP contribution in [0.5, 0.6) is 5.88 Å². The van der Waals surface area contributed by atoms with Gasteiger partial charge in [0.05, 0.1) is 35.7 Å². The van der Waals surface area contributed by atoms with Crippen molar-refractivity contribution in [2.45, 2.75) is 97.7 Å². The highest BCUT2D eigenvalue weighted by Crippen LogP contribution is 2.51. The standard InChI is InChI=1S/C41H59N5O11PSSi/c1-13-53-58(50,54-14-2)29-59-30(26-55-60(41(9,10)11,31-21-17-15-18-22-31)32-23-19-16-20-24-32)25-52-36(47)46(37(48)56-39(3,4)5,38(49)57-40(6,7)8)45-28-44-33-34(45)42-27-43-35(33)51-12/h15-24,27-28,30H,13-14,25-26,29H2,1-12H3/q+1. The quantitative estimate of drug-likeness (QED) is 0.0455. The molecule has 0 N–H and O–H groups in total. The van der Waals surface area contributed by atoms with Crippen LogP contribution in [-0.4, -0.2) is 102 Å². The van der Waals surface area contributed by atoms with E-state index in [-0.39, 0.29) is 42.4 Å². The summed E-state index contributed by atoms with van der Waals surface area (Å²) < 4.78 is 54.3. The Morgan fingerprint density at radius 1 is 0.767 bits per heavy atom. The molecule has 0 saturated heterocycles. The molecule has 328 valence electrons. The maximum atomic E-state index is 15.0. The third-order valence-corrected chi connectivity index (χ3v) is 17.7. The minimum Gasteiger partial charge on any atom is -0.479 e. The first-order valence-electron chi connectivity index (χ1n) is 19.6. The van der Waals surface area contributed by atoms with Crippen LogP contribution < -0.4 is 19.7 Å². The molecule has 2 heterocycles. The zero-order valence-corrected chi connectivity index (χ0v) is 39.3. The summed E-state index contributed by atoms with van der Waals surface area (Å²) in [6.45, 7) is 19.1. The average molecular weight is 889 g/mol. The summed E-state index contributed by atoms with van der Waals surface area (Å²) in [5.41, 5.74) is -2.62. The number of aromatic nitrogens is 4. The van der Waals surface area contributed by atoms with Gasteiger partial charge in [0.25, 0.3) is 8.32 Å². The van der Waals surface area contributed by atoms with Crippen molar-refractivity contribution in [3.8, 4) is 5.88 Å². The highest BCUT2D eigenvalue weighted by molar-refractivity contribution is 8.05. The van der Waals surface area contributed by atoms with Gasteiger partial charge in [0.2, 0.25) is 11.5 Å². The van der Waals surface area contributed by atoms with E-state index in [0.29, 0.717) is 0 Å². The van der Waals surface area contributed by atoms with E-state index >= 15 is 4.79 Å². The van der Waals surface area contributed by atoms with Crippen molar-refractivity contribution in [3.05, 3.63) is 73.3 Å². The second-order valence-corrected chi connectivity index (χ2v) is 24.7. The average Bonchev–Trinajstić information content (AvgIpc) is 3.60. The molecule has 0 fully saturated rings. The highest BCUT2D eigenvalue weighted by atomic mass is 32.2. The van der Waals surface area contributed by atoms with Crippen molar-refractivity contribution >= 4 is 67.5 Å². The first kappa shape index (κ1) is 48.5. The van der Waals surface area contributed by atoms with Crippen LogP contribution in [0.3, 0.4) is 0 Å². The first-order chi connectivity index (χ1) is 28.1. The normalized spacial score (nSPS) is 13.5. The summed E-state index contributed by atoms with van der Waals surface area (Å²) in [4.78, 5) is 56.9. The number of rotatable bonds is 16. The van der Waals surface area contributed by atoms with Gasteiger partial charge in [-0.2, -0.15) is 19.4 Å². The van der Waals surface area contributed by atoms with E-state index in [4.69, 9.17) is 32.4 Å². The number of benzene rings is 2. The van der Waals surface area contributed by atoms with Crippen LogP contribution in [0, 0.1) is 0 Å². The van der Waals surface area contributed by atoms with E-state index in [0.717, 1.165) is 39.5 Å². The number of hydrogen-bond donors (Lipinski definition) is 0. The van der Waals surface area contributed by atoms with Gasteiger partial charge in [0.1, 0.15) is 24.1 Å². The van der Waals surface area contributed by atoms with Gasteiger partial charge in [0.15, 0.2) is 11.8 Å². The highest BCUT2D eigenvalue weighted by Gasteiger charge is 2.64. The Hall–Kier alpha value is -4.16. The number of methoxy groups -OCH3 is 1. The fourth-order valence-corrected chi connectivity index (χ4v) is 14.5. The zero-order chi connectivity index (χ0) is 44.6. The molecular formula is C41H59N5O11PSSi+. The molecule has 1 unspecified atom stereocenters. The van der Waals surface area contributed by atoms with Gasteiger partial charge in [-0.15, -0.1) is 16.4 Å². The topological polar surface area (TPSA) is 176 Å². The van der Waals surface area contributed by atoms with E-state index in [2.05, 4.69) is 35.7 Å². The van der Waals surface area contributed by atoms with Gasteiger partial charge in [-0.1, -0.05) is 81.4 Å². The molecule has 2 aromatic carbocycles. The lowest BCUT2D eigenvalue weighted by Crippen LogP contribution is -2.71. The maximum absolute atomic E-state index is 15.0. The lowest BCUT2D eigenvalue weighted by atomic mass is 10.2. The van der Waals surface area contributed by atoms with Crippen LogP contribution in [-0.2, 0) is 32.2 Å². The van der Waals surface area contributed by atoms with Crippen LogP contribution in [0.25, 0.3) is 11.2 Å². The molecule has 4 aromatic rings. The Morgan fingerprint density at radius 2 is 1.28 bits per heavy atom. The summed E-state index contributed by atoms with van der Waals surface area (Å²) in [7, 11) is -5.43. The lowest BCUT2D eigenvalue weighted by molar-refractivity contribution is -0.0200. The molecule has 16 nitrogen and oxygen atoms in total. The molecule has 0 radical (unpaired) electrons. The molecule has 1 atom stereocenters. The van der Waals surface area contributed by atoms with Crippen molar-refractivity contribution < 1.29 is 51.4 Å². The van der Waals surface area contributed by atoms with Gasteiger partial charge in [0, 0.05) is 6.61 Å². The van der Waals surface area contributed by atoms with Crippen LogP contribution in [0.1, 0.15) is 76.2 Å². The van der Waals surface area contributed by atoms with Crippen LogP contribution in [0.15, 0.2) is 73.3 Å². The number of ether oxygens (including phenoxy) is 4. The lowest BCUT2D eigenvalue weighted by Gasteiger charge is -2.43. The molecule has 0 bridgehead atoms. The molecular weight excluding hydrogens is 830 g/mol. The molecule has 19 heteroatoms. The van der Waals surface area contributed by atoms with Crippen molar-refractivity contribution in [2.75, 3.05) is 39.0 Å². The van der Waals surface area contributed by atoms with Crippen molar-refractivity contribution in [3.63, 3.8) is 0 Å². The zero-order valence-electron chi connectivity index (χ0n) is 36.6. The monoisotopic (exact) mass is 888 g/mol. The molecule has 60 heavy (non-hydrogen) atoms. The number of carbonyl (C=O) groups is 3. The molecule has 0 aliphatic heterocycles. The van der Waals surface area contributed by atoms with E-state index in [1.54, 1.807) is 55.4 Å². The number of quaternary nitrogens is 1. The van der Waals surface area contributed by atoms with Crippen molar-refractivity contribution in [2.24, 2.45) is 0 Å². The Morgan fingerprint density at radius 3 is 1.73 bits per heavy atom. The largest absolute Gasteiger partial charge is 0.565 e. The fourth-order valence-electron chi connectivity index (χ4n) is 6.40. The molecule has 0 spiro atoms. The minimum atomic E-state index is -3.63. The smallest absolute Gasteiger partial charge is 0.479 e. The number of imidazole rings is 1. The summed E-state index contributed by atoms with van der Waals surface area (Å²) in [5, 5.41) is 0.839. The van der Waals surface area contributed by atoms with Crippen molar-refractivity contribution in [1.29, 1.82) is 0 Å². The number of imide groups is 3. The fraction of sp³-hybridized carbons (Fsp3) is 0.512. The molecule has 2 aromatic heterocycles. The summed E-state index contributed by atoms with van der Waals surface area (Å²) in [6, 6.07) is 19.9. The number of fused-ring (bicyclic) bond motifs is 1. The Labute approximate surface area is 357 Å². The maximum Gasteiger partial charge on any atom is 0.565 e. The summed E-state index contributed by atoms with van der Waals surface area (Å²) >= 11 is 1.16. The third-order valence-electron chi connectivity index (χ3n) is 8.79. The van der Waals surface area contributed by atoms with Crippen molar-refractivity contribution in [1.82, 2.24) is 24.2 Å². The first-order valence-corrected chi connectivity index (χ1v) is 24.3. The van der Waals surface area contributed by atoms with Gasteiger partial charge in [-0.25, -0.2) is 9.97 Å². The van der Waals surface area contributed by atoms with Gasteiger partial charge in [-0.3, -0.25) is 4.57 Å². The van der Waals surface area contributed by atoms with E-state index in [9.17, 15) is 14.2 Å². The number of thioether (sulfide) groups is 1. The van der Waals surface area contributed by atoms with E-state index < -0.39 is 66.9 Å². The molecule has 0 aliphatic carbocycles. The van der Waals surface area contributed by atoms with Gasteiger partial charge >= 0.3 is 25.9 Å².